The lowest BCUT2D eigenvalue weighted by Crippen LogP contribution is -2.37. The highest BCUT2D eigenvalue weighted by atomic mass is 35.5. The van der Waals surface area contributed by atoms with Crippen molar-refractivity contribution in [2.45, 2.75) is 13.0 Å². The van der Waals surface area contributed by atoms with Crippen LogP contribution in [0.4, 0.5) is 11.4 Å². The molecular formula is C23H26ClN3O3. The topological polar surface area (TPSA) is 53.1 Å². The number of carbonyl (C=O) groups is 2. The molecule has 0 aliphatic carbocycles. The Kier molecular flexibility index (Phi) is 6.25. The van der Waals surface area contributed by atoms with E-state index in [0.29, 0.717) is 24.5 Å². The van der Waals surface area contributed by atoms with Crippen molar-refractivity contribution in [1.82, 2.24) is 4.90 Å². The third-order valence-electron chi connectivity index (χ3n) is 5.75. The van der Waals surface area contributed by atoms with Crippen LogP contribution >= 0.6 is 11.6 Å². The minimum absolute atomic E-state index is 0.131. The molecule has 30 heavy (non-hydrogen) atoms. The highest BCUT2D eigenvalue weighted by Crippen LogP contribution is 2.28. The van der Waals surface area contributed by atoms with Crippen molar-refractivity contribution in [3.05, 3.63) is 59.1 Å². The van der Waals surface area contributed by atoms with Crippen LogP contribution in [-0.2, 0) is 20.9 Å². The first-order valence-electron chi connectivity index (χ1n) is 10.3. The molecule has 6 nitrogen and oxygen atoms in total. The van der Waals surface area contributed by atoms with E-state index in [1.165, 1.54) is 5.69 Å². The maximum atomic E-state index is 12.9. The number of benzene rings is 2. The highest BCUT2D eigenvalue weighted by molar-refractivity contribution is 6.30. The molecule has 2 saturated heterocycles. The molecule has 2 heterocycles. The lowest BCUT2D eigenvalue weighted by molar-refractivity contribution is -0.139. The van der Waals surface area contributed by atoms with E-state index < -0.39 is 5.92 Å². The van der Waals surface area contributed by atoms with Gasteiger partial charge in [0.2, 0.25) is 11.8 Å². The fourth-order valence-electron chi connectivity index (χ4n) is 4.04. The van der Waals surface area contributed by atoms with E-state index in [1.807, 2.05) is 24.3 Å². The van der Waals surface area contributed by atoms with Crippen LogP contribution in [-0.4, -0.2) is 56.6 Å². The molecule has 0 saturated carbocycles. The number of carbonyl (C=O) groups excluding carboxylic acids is 2. The summed E-state index contributed by atoms with van der Waals surface area (Å²) in [4.78, 5) is 31.4. The monoisotopic (exact) mass is 427 g/mol. The van der Waals surface area contributed by atoms with Gasteiger partial charge in [-0.2, -0.15) is 0 Å². The van der Waals surface area contributed by atoms with Crippen LogP contribution in [0, 0.1) is 5.92 Å². The predicted molar refractivity (Wildman–Crippen MR) is 118 cm³/mol. The number of hydrogen-bond acceptors (Lipinski definition) is 4. The summed E-state index contributed by atoms with van der Waals surface area (Å²) in [6, 6.07) is 15.4. The zero-order valence-electron chi connectivity index (χ0n) is 17.1. The largest absolute Gasteiger partial charge is 0.378 e. The van der Waals surface area contributed by atoms with E-state index in [-0.39, 0.29) is 11.8 Å². The third kappa shape index (κ3) is 4.45. The Morgan fingerprint density at radius 3 is 2.33 bits per heavy atom. The maximum Gasteiger partial charge on any atom is 0.239 e. The molecule has 1 unspecified atom stereocenters. The Balaban J connectivity index is 1.36. The van der Waals surface area contributed by atoms with Crippen molar-refractivity contribution in [2.75, 3.05) is 49.7 Å². The van der Waals surface area contributed by atoms with Crippen molar-refractivity contribution in [3.63, 3.8) is 0 Å². The number of hydrogen-bond donors (Lipinski definition) is 0. The molecule has 158 valence electrons. The van der Waals surface area contributed by atoms with E-state index in [4.69, 9.17) is 16.3 Å². The molecule has 2 aliphatic heterocycles. The Morgan fingerprint density at radius 2 is 1.67 bits per heavy atom. The van der Waals surface area contributed by atoms with Crippen LogP contribution in [0.2, 0.25) is 5.02 Å². The summed E-state index contributed by atoms with van der Waals surface area (Å²) < 4.78 is 5.40. The molecule has 1 atom stereocenters. The van der Waals surface area contributed by atoms with Gasteiger partial charge in [0.25, 0.3) is 0 Å². The number of rotatable bonds is 5. The normalized spacial score (nSPS) is 19.3. The molecule has 2 aromatic carbocycles. The predicted octanol–water partition coefficient (Wildman–Crippen LogP) is 3.19. The van der Waals surface area contributed by atoms with Gasteiger partial charge in [-0.3, -0.25) is 9.59 Å². The summed E-state index contributed by atoms with van der Waals surface area (Å²) in [6.07, 6.45) is 0.528. The summed E-state index contributed by atoms with van der Waals surface area (Å²) in [6.45, 7) is 4.31. The van der Waals surface area contributed by atoms with Gasteiger partial charge in [-0.05, 0) is 48.4 Å². The SMILES string of the molecule is CN(Cc1ccc(N2CCOCC2)cc1)C(=O)C1CCN(c2ccc(Cl)cc2)C1=O. The van der Waals surface area contributed by atoms with E-state index in [0.717, 1.165) is 37.6 Å². The average molecular weight is 428 g/mol. The van der Waals surface area contributed by atoms with E-state index >= 15 is 0 Å². The number of nitrogens with zero attached hydrogens (tertiary/aromatic N) is 3. The molecule has 2 fully saturated rings. The second kappa shape index (κ2) is 9.06. The second-order valence-electron chi connectivity index (χ2n) is 7.77. The van der Waals surface area contributed by atoms with Crippen LogP contribution in [0.15, 0.2) is 48.5 Å². The Morgan fingerprint density at radius 1 is 1.03 bits per heavy atom. The molecule has 0 N–H and O–H groups in total. The minimum Gasteiger partial charge on any atom is -0.378 e. The summed E-state index contributed by atoms with van der Waals surface area (Å²) in [5, 5.41) is 0.623. The van der Waals surface area contributed by atoms with Crippen molar-refractivity contribution in [3.8, 4) is 0 Å². The van der Waals surface area contributed by atoms with Crippen molar-refractivity contribution < 1.29 is 14.3 Å². The van der Waals surface area contributed by atoms with Crippen LogP contribution in [0.3, 0.4) is 0 Å². The number of amides is 2. The van der Waals surface area contributed by atoms with Gasteiger partial charge >= 0.3 is 0 Å². The van der Waals surface area contributed by atoms with Gasteiger partial charge in [0.15, 0.2) is 0 Å². The zero-order valence-corrected chi connectivity index (χ0v) is 17.8. The molecular weight excluding hydrogens is 402 g/mol. The summed E-state index contributed by atoms with van der Waals surface area (Å²) in [7, 11) is 1.76. The Bertz CT molecular complexity index is 895. The fraction of sp³-hybridized carbons (Fsp3) is 0.391. The van der Waals surface area contributed by atoms with Crippen molar-refractivity contribution in [2.24, 2.45) is 5.92 Å². The number of halogens is 1. The van der Waals surface area contributed by atoms with Gasteiger partial charge in [-0.25, -0.2) is 0 Å². The second-order valence-corrected chi connectivity index (χ2v) is 8.20. The third-order valence-corrected chi connectivity index (χ3v) is 6.00. The van der Waals surface area contributed by atoms with E-state index in [2.05, 4.69) is 17.0 Å². The standard InChI is InChI=1S/C23H26ClN3O3/c1-25(16-17-2-6-19(7-3-17)26-12-14-30-15-13-26)22(28)21-10-11-27(23(21)29)20-8-4-18(24)5-9-20/h2-9,21H,10-16H2,1H3. The van der Waals surface area contributed by atoms with Gasteiger partial charge < -0.3 is 19.4 Å². The molecule has 7 heteroatoms. The molecule has 0 aromatic heterocycles. The number of anilines is 2. The fourth-order valence-corrected chi connectivity index (χ4v) is 4.16. The molecule has 4 rings (SSSR count). The van der Waals surface area contributed by atoms with Gasteiger partial charge in [0.05, 0.1) is 13.2 Å². The number of ether oxygens (including phenoxy) is 1. The lowest BCUT2D eigenvalue weighted by atomic mass is 10.1. The molecule has 0 bridgehead atoms. The van der Waals surface area contributed by atoms with E-state index in [9.17, 15) is 9.59 Å². The minimum atomic E-state index is -0.627. The first-order chi connectivity index (χ1) is 14.5. The molecule has 2 aromatic rings. The Hall–Kier alpha value is -2.57. The van der Waals surface area contributed by atoms with Crippen molar-refractivity contribution in [1.29, 1.82) is 0 Å². The first kappa shape index (κ1) is 20.7. The molecule has 0 spiro atoms. The summed E-state index contributed by atoms with van der Waals surface area (Å²) in [5.41, 5.74) is 2.99. The smallest absolute Gasteiger partial charge is 0.239 e. The summed E-state index contributed by atoms with van der Waals surface area (Å²) >= 11 is 5.93. The van der Waals surface area contributed by atoms with Gasteiger partial charge in [-0.15, -0.1) is 0 Å². The Labute approximate surface area is 182 Å². The molecule has 2 aliphatic rings. The highest BCUT2D eigenvalue weighted by Gasteiger charge is 2.38. The maximum absolute atomic E-state index is 12.9. The van der Waals surface area contributed by atoms with Crippen LogP contribution in [0.25, 0.3) is 0 Å². The zero-order chi connectivity index (χ0) is 21.1. The van der Waals surface area contributed by atoms with Gasteiger partial charge in [-0.1, -0.05) is 23.7 Å². The van der Waals surface area contributed by atoms with E-state index in [1.54, 1.807) is 29.0 Å². The lowest BCUT2D eigenvalue weighted by Gasteiger charge is -2.29. The molecule has 2 amide bonds. The summed E-state index contributed by atoms with van der Waals surface area (Å²) in [5.74, 6) is -0.899. The van der Waals surface area contributed by atoms with Gasteiger partial charge in [0, 0.05) is 49.6 Å². The number of morpholine rings is 1. The van der Waals surface area contributed by atoms with Crippen LogP contribution < -0.4 is 9.80 Å². The average Bonchev–Trinajstić information content (AvgIpc) is 3.16. The van der Waals surface area contributed by atoms with Crippen molar-refractivity contribution >= 4 is 34.8 Å². The molecule has 0 radical (unpaired) electrons. The first-order valence-corrected chi connectivity index (χ1v) is 10.6. The van der Waals surface area contributed by atoms with Crippen LogP contribution in [0.5, 0.6) is 0 Å². The van der Waals surface area contributed by atoms with Crippen LogP contribution in [0.1, 0.15) is 12.0 Å². The quantitative estimate of drug-likeness (QED) is 0.688. The van der Waals surface area contributed by atoms with Gasteiger partial charge in [0.1, 0.15) is 5.92 Å².